The maximum absolute atomic E-state index is 12.4. The van der Waals surface area contributed by atoms with Gasteiger partial charge in [0.25, 0.3) is 6.36 Å². The second kappa shape index (κ2) is 4.87. The molecule has 0 aliphatic rings. The van der Waals surface area contributed by atoms with Crippen LogP contribution < -0.4 is 0 Å². The number of alkyl halides is 10. The van der Waals surface area contributed by atoms with E-state index in [9.17, 15) is 52.3 Å². The molecular weight excluding hydrogens is 346 g/mol. The molecule has 0 radical (unpaired) electrons. The average Bonchev–Trinajstić information content (AvgIpc) is 2.12. The monoisotopic (exact) mass is 348 g/mol. The van der Waals surface area contributed by atoms with Crippen LogP contribution in [0.1, 0.15) is 0 Å². The fourth-order valence-corrected chi connectivity index (χ4v) is 0.837. The number of hydrogen-bond donors (Lipinski definition) is 1. The molecule has 0 saturated heterocycles. The third-order valence-electron chi connectivity index (χ3n) is 1.58. The number of rotatable bonds is 5. The molecular formula is C5H2F10O4S. The Kier molecular flexibility index (Phi) is 4.67. The van der Waals surface area contributed by atoms with Crippen molar-refractivity contribution >= 4 is 10.1 Å². The van der Waals surface area contributed by atoms with E-state index in [4.69, 9.17) is 4.55 Å². The fraction of sp³-hybridized carbons (Fsp3) is 1.00. The Hall–Kier alpha value is -0.830. The lowest BCUT2D eigenvalue weighted by atomic mass is 10.3. The van der Waals surface area contributed by atoms with Crippen LogP contribution in [0.5, 0.6) is 0 Å². The van der Waals surface area contributed by atoms with Gasteiger partial charge in [0.15, 0.2) is 0 Å². The van der Waals surface area contributed by atoms with Crippen LogP contribution in [0.2, 0.25) is 0 Å². The molecule has 4 nitrogen and oxygen atoms in total. The van der Waals surface area contributed by atoms with E-state index in [2.05, 4.69) is 0 Å². The van der Waals surface area contributed by atoms with Crippen LogP contribution in [-0.4, -0.2) is 42.8 Å². The van der Waals surface area contributed by atoms with E-state index in [1.165, 1.54) is 0 Å². The van der Waals surface area contributed by atoms with Crippen LogP contribution in [0.4, 0.5) is 43.9 Å². The summed E-state index contributed by atoms with van der Waals surface area (Å²) in [6.45, 7) is 0. The van der Waals surface area contributed by atoms with Crippen molar-refractivity contribution in [3.05, 3.63) is 0 Å². The zero-order valence-corrected chi connectivity index (χ0v) is 9.25. The van der Waals surface area contributed by atoms with E-state index in [1.807, 2.05) is 4.74 Å². The normalized spacial score (nSPS) is 17.1. The molecule has 0 amide bonds. The van der Waals surface area contributed by atoms with Gasteiger partial charge >= 0.3 is 33.6 Å². The molecule has 0 fully saturated rings. The second-order valence-electron chi connectivity index (χ2n) is 3.06. The van der Waals surface area contributed by atoms with Gasteiger partial charge in [-0.05, 0) is 0 Å². The molecule has 1 unspecified atom stereocenters. The minimum absolute atomic E-state index is 1.86. The Labute approximate surface area is 103 Å². The molecule has 20 heavy (non-hydrogen) atoms. The summed E-state index contributed by atoms with van der Waals surface area (Å²) in [7, 11) is -6.75. The molecule has 0 bridgehead atoms. The van der Waals surface area contributed by atoms with Crippen molar-refractivity contribution < 1.29 is 61.6 Å². The van der Waals surface area contributed by atoms with E-state index in [1.54, 1.807) is 0 Å². The summed E-state index contributed by atoms with van der Waals surface area (Å²) in [6, 6.07) is 0. The van der Waals surface area contributed by atoms with Crippen molar-refractivity contribution in [1.29, 1.82) is 0 Å². The van der Waals surface area contributed by atoms with Crippen LogP contribution in [0.15, 0.2) is 0 Å². The van der Waals surface area contributed by atoms with Crippen molar-refractivity contribution in [2.75, 3.05) is 0 Å². The predicted molar refractivity (Wildman–Crippen MR) is 38.4 cm³/mol. The first-order chi connectivity index (χ1) is 8.38. The highest BCUT2D eigenvalue weighted by Gasteiger charge is 2.76. The maximum atomic E-state index is 12.4. The van der Waals surface area contributed by atoms with Crippen LogP contribution in [-0.2, 0) is 14.9 Å². The molecule has 0 spiro atoms. The van der Waals surface area contributed by atoms with Gasteiger partial charge in [0.05, 0.1) is 0 Å². The highest BCUT2D eigenvalue weighted by Crippen LogP contribution is 2.48. The number of ether oxygens (including phenoxy) is 1. The van der Waals surface area contributed by atoms with Crippen LogP contribution >= 0.6 is 0 Å². The first kappa shape index (κ1) is 19.2. The van der Waals surface area contributed by atoms with Gasteiger partial charge in [-0.2, -0.15) is 47.9 Å². The van der Waals surface area contributed by atoms with Gasteiger partial charge in [0, 0.05) is 0 Å². The third kappa shape index (κ3) is 3.25. The van der Waals surface area contributed by atoms with Crippen molar-refractivity contribution in [1.82, 2.24) is 0 Å². The van der Waals surface area contributed by atoms with E-state index in [-0.39, 0.29) is 0 Å². The van der Waals surface area contributed by atoms with E-state index in [0.29, 0.717) is 0 Å². The lowest BCUT2D eigenvalue weighted by Crippen LogP contribution is -2.56. The van der Waals surface area contributed by atoms with Crippen molar-refractivity contribution in [3.63, 3.8) is 0 Å². The van der Waals surface area contributed by atoms with Gasteiger partial charge in [-0.3, -0.25) is 9.29 Å². The van der Waals surface area contributed by atoms with Crippen molar-refractivity contribution in [2.45, 2.75) is 29.8 Å². The summed E-state index contributed by atoms with van der Waals surface area (Å²) >= 11 is 0. The van der Waals surface area contributed by atoms with Crippen molar-refractivity contribution in [3.8, 4) is 0 Å². The Morgan fingerprint density at radius 1 is 0.900 bits per heavy atom. The minimum atomic E-state index is -7.10. The largest absolute Gasteiger partial charge is 0.462 e. The molecule has 0 saturated carbocycles. The van der Waals surface area contributed by atoms with Crippen LogP contribution in [0.25, 0.3) is 0 Å². The summed E-state index contributed by atoms with van der Waals surface area (Å²) in [5.41, 5.74) is 0. The lowest BCUT2D eigenvalue weighted by molar-refractivity contribution is -0.446. The quantitative estimate of drug-likeness (QED) is 0.613. The zero-order valence-electron chi connectivity index (χ0n) is 8.44. The molecule has 1 atom stereocenters. The molecule has 0 aromatic heterocycles. The first-order valence-electron chi connectivity index (χ1n) is 3.87. The van der Waals surface area contributed by atoms with Crippen LogP contribution in [0, 0.1) is 0 Å². The van der Waals surface area contributed by atoms with Gasteiger partial charge < -0.3 is 0 Å². The van der Waals surface area contributed by atoms with Gasteiger partial charge in [0.1, 0.15) is 0 Å². The molecule has 15 heteroatoms. The summed E-state index contributed by atoms with van der Waals surface area (Å²) in [5.74, 6) is -7.10. The Morgan fingerprint density at radius 3 is 1.50 bits per heavy atom. The topological polar surface area (TPSA) is 63.6 Å². The Balaban J connectivity index is 5.43. The summed E-state index contributed by atoms with van der Waals surface area (Å²) in [5, 5.41) is -6.20. The standard InChI is InChI=1S/C5H2F10O4S/c6-1(2(7,8)20(16,17)18)19-5(14,15)3(9,10)4(11,12)13/h1H,(H,16,17,18). The maximum Gasteiger partial charge on any atom is 0.462 e. The van der Waals surface area contributed by atoms with Crippen LogP contribution in [0.3, 0.4) is 0 Å². The molecule has 122 valence electrons. The number of hydrogen-bond acceptors (Lipinski definition) is 3. The van der Waals surface area contributed by atoms with Gasteiger partial charge in [-0.15, -0.1) is 0 Å². The summed E-state index contributed by atoms with van der Waals surface area (Å²) in [6.07, 6.45) is -19.1. The van der Waals surface area contributed by atoms with E-state index >= 15 is 0 Å². The minimum Gasteiger partial charge on any atom is -0.281 e. The summed E-state index contributed by atoms with van der Waals surface area (Å²) in [4.78, 5) is 0. The van der Waals surface area contributed by atoms with Crippen molar-refractivity contribution in [2.24, 2.45) is 0 Å². The fourth-order valence-electron chi connectivity index (χ4n) is 0.555. The third-order valence-corrected chi connectivity index (χ3v) is 2.45. The molecule has 0 rings (SSSR count). The van der Waals surface area contributed by atoms with E-state index < -0.39 is 39.9 Å². The molecule has 0 aromatic carbocycles. The molecule has 1 N–H and O–H groups in total. The van der Waals surface area contributed by atoms with Gasteiger partial charge in [0.2, 0.25) is 0 Å². The van der Waals surface area contributed by atoms with Gasteiger partial charge in [-0.1, -0.05) is 0 Å². The predicted octanol–water partition coefficient (Wildman–Crippen LogP) is 2.57. The first-order valence-corrected chi connectivity index (χ1v) is 5.31. The lowest BCUT2D eigenvalue weighted by Gasteiger charge is -2.29. The number of halogens is 10. The molecule has 0 aliphatic heterocycles. The Morgan fingerprint density at radius 2 is 1.25 bits per heavy atom. The molecule has 0 aliphatic carbocycles. The van der Waals surface area contributed by atoms with E-state index in [0.717, 1.165) is 0 Å². The SMILES string of the molecule is O=S(=O)(O)C(F)(F)C(F)OC(F)(F)C(F)(F)C(F)(F)F. The zero-order chi connectivity index (χ0) is 16.8. The highest BCUT2D eigenvalue weighted by atomic mass is 32.2. The smallest absolute Gasteiger partial charge is 0.281 e. The average molecular weight is 348 g/mol. The molecule has 0 aromatic rings. The highest BCUT2D eigenvalue weighted by molar-refractivity contribution is 7.86. The second-order valence-corrected chi connectivity index (χ2v) is 4.55. The Bertz CT molecular complexity index is 453. The molecule has 0 heterocycles. The summed E-state index contributed by atoms with van der Waals surface area (Å²) < 4.78 is 150. The van der Waals surface area contributed by atoms with Gasteiger partial charge in [-0.25, -0.2) is 4.39 Å².